The van der Waals surface area contributed by atoms with E-state index in [9.17, 15) is 14.4 Å². The zero-order valence-corrected chi connectivity index (χ0v) is 9.70. The van der Waals surface area contributed by atoms with Crippen molar-refractivity contribution < 1.29 is 14.4 Å². The van der Waals surface area contributed by atoms with E-state index in [2.05, 4.69) is 24.5 Å². The van der Waals surface area contributed by atoms with Gasteiger partial charge in [0.25, 0.3) is 0 Å². The number of rotatable bonds is 5. The molecule has 1 rings (SSSR count). The summed E-state index contributed by atoms with van der Waals surface area (Å²) < 4.78 is 0. The van der Waals surface area contributed by atoms with Crippen LogP contribution in [0.1, 0.15) is 12.8 Å². The zero-order valence-electron chi connectivity index (χ0n) is 8.81. The molecule has 1 atom stereocenters. The molecule has 0 bridgehead atoms. The highest BCUT2D eigenvalue weighted by Crippen LogP contribution is 2.24. The van der Waals surface area contributed by atoms with Gasteiger partial charge in [-0.25, -0.2) is 0 Å². The zero-order chi connectivity index (χ0) is 12.1. The smallest absolute Gasteiger partial charge is 0.239 e. The van der Waals surface area contributed by atoms with Crippen LogP contribution in [0, 0.1) is 0 Å². The van der Waals surface area contributed by atoms with Crippen LogP contribution in [-0.4, -0.2) is 41.3 Å². The Kier molecular flexibility index (Phi) is 4.54. The lowest BCUT2D eigenvalue weighted by atomic mass is 10.3. The maximum Gasteiger partial charge on any atom is 0.239 e. The van der Waals surface area contributed by atoms with Gasteiger partial charge in [-0.05, 0) is 0 Å². The van der Waals surface area contributed by atoms with Crippen LogP contribution in [-0.2, 0) is 14.4 Å². The lowest BCUT2D eigenvalue weighted by Crippen LogP contribution is -2.32. The van der Waals surface area contributed by atoms with Gasteiger partial charge in [-0.2, -0.15) is 12.6 Å². The summed E-state index contributed by atoms with van der Waals surface area (Å²) in [5, 5.41) is 2.06. The van der Waals surface area contributed by atoms with Crippen LogP contribution in [0.3, 0.4) is 0 Å². The molecular weight excluding hydrogens is 228 g/mol. The number of allylic oxidation sites excluding steroid dienone is 1. The Balaban J connectivity index is 2.37. The number of nitrogens with one attached hydrogen (secondary N) is 1. The first kappa shape index (κ1) is 12.8. The summed E-state index contributed by atoms with van der Waals surface area (Å²) in [7, 11) is 0. The summed E-state index contributed by atoms with van der Waals surface area (Å²) in [4.78, 5) is 34.2. The van der Waals surface area contributed by atoms with Gasteiger partial charge in [-0.3, -0.25) is 9.59 Å². The van der Waals surface area contributed by atoms with E-state index in [0.29, 0.717) is 24.9 Å². The molecule has 0 aliphatic carbocycles. The standard InChI is InChI=1S/C10H14N2O3S/c1-7-6-8(16)10(15)12(7)4-2-9(14)11-3-5-13/h5,8,16H,1-4,6H2,(H,11,14). The third-order valence-electron chi connectivity index (χ3n) is 2.31. The van der Waals surface area contributed by atoms with E-state index < -0.39 is 0 Å². The van der Waals surface area contributed by atoms with Crippen LogP contribution >= 0.6 is 12.6 Å². The molecule has 0 aromatic heterocycles. The molecule has 1 saturated heterocycles. The molecule has 1 aliphatic rings. The lowest BCUT2D eigenvalue weighted by molar-refractivity contribution is -0.127. The van der Waals surface area contributed by atoms with Crippen molar-refractivity contribution in [2.45, 2.75) is 18.1 Å². The van der Waals surface area contributed by atoms with Crippen LogP contribution in [0.2, 0.25) is 0 Å². The topological polar surface area (TPSA) is 66.5 Å². The predicted molar refractivity (Wildman–Crippen MR) is 61.9 cm³/mol. The Morgan fingerprint density at radius 1 is 1.69 bits per heavy atom. The van der Waals surface area contributed by atoms with E-state index in [1.807, 2.05) is 0 Å². The van der Waals surface area contributed by atoms with Crippen LogP contribution in [0.25, 0.3) is 0 Å². The van der Waals surface area contributed by atoms with E-state index in [-0.39, 0.29) is 30.0 Å². The molecule has 1 fully saturated rings. The second-order valence-corrected chi connectivity index (χ2v) is 4.12. The normalized spacial score (nSPS) is 20.1. The highest BCUT2D eigenvalue weighted by atomic mass is 32.1. The maximum atomic E-state index is 11.5. The Labute approximate surface area is 99.3 Å². The summed E-state index contributed by atoms with van der Waals surface area (Å²) in [6, 6.07) is 0. The van der Waals surface area contributed by atoms with E-state index >= 15 is 0 Å². The first-order valence-electron chi connectivity index (χ1n) is 4.93. The number of likely N-dealkylation sites (tertiary alicyclic amines) is 1. The minimum atomic E-state index is -0.342. The molecule has 1 N–H and O–H groups in total. The second-order valence-electron chi connectivity index (χ2n) is 3.50. The maximum absolute atomic E-state index is 11.5. The highest BCUT2D eigenvalue weighted by molar-refractivity contribution is 7.81. The van der Waals surface area contributed by atoms with Crippen molar-refractivity contribution >= 4 is 30.7 Å². The largest absolute Gasteiger partial charge is 0.349 e. The van der Waals surface area contributed by atoms with E-state index in [1.165, 1.54) is 4.90 Å². The van der Waals surface area contributed by atoms with Gasteiger partial charge < -0.3 is 15.0 Å². The Morgan fingerprint density at radius 2 is 2.38 bits per heavy atom. The molecule has 0 spiro atoms. The molecule has 6 heteroatoms. The molecule has 0 radical (unpaired) electrons. The molecule has 16 heavy (non-hydrogen) atoms. The first-order chi connectivity index (χ1) is 7.56. The number of aldehydes is 1. The molecule has 0 aromatic carbocycles. The molecule has 1 unspecified atom stereocenters. The van der Waals surface area contributed by atoms with Gasteiger partial charge in [-0.1, -0.05) is 6.58 Å². The van der Waals surface area contributed by atoms with Gasteiger partial charge in [0.15, 0.2) is 0 Å². The van der Waals surface area contributed by atoms with E-state index in [0.717, 1.165) is 0 Å². The van der Waals surface area contributed by atoms with Crippen LogP contribution in [0.5, 0.6) is 0 Å². The molecule has 0 saturated carbocycles. The minimum absolute atomic E-state index is 0.00290. The lowest BCUT2D eigenvalue weighted by Gasteiger charge is -2.16. The summed E-state index contributed by atoms with van der Waals surface area (Å²) in [6.07, 6.45) is 1.30. The van der Waals surface area contributed by atoms with Crippen molar-refractivity contribution in [3.8, 4) is 0 Å². The van der Waals surface area contributed by atoms with E-state index in [1.54, 1.807) is 0 Å². The van der Waals surface area contributed by atoms with Gasteiger partial charge in [0.1, 0.15) is 6.29 Å². The van der Waals surface area contributed by atoms with Crippen molar-refractivity contribution in [1.82, 2.24) is 10.2 Å². The van der Waals surface area contributed by atoms with Gasteiger partial charge in [0.2, 0.25) is 11.8 Å². The highest BCUT2D eigenvalue weighted by Gasteiger charge is 2.31. The number of thiol groups is 1. The Bertz CT molecular complexity index is 330. The monoisotopic (exact) mass is 242 g/mol. The molecule has 88 valence electrons. The number of nitrogens with zero attached hydrogens (tertiary/aromatic N) is 1. The van der Waals surface area contributed by atoms with Gasteiger partial charge in [-0.15, -0.1) is 0 Å². The summed E-state index contributed by atoms with van der Waals surface area (Å²) >= 11 is 4.11. The van der Waals surface area contributed by atoms with Gasteiger partial charge >= 0.3 is 0 Å². The Morgan fingerprint density at radius 3 is 2.88 bits per heavy atom. The number of hydrogen-bond donors (Lipinski definition) is 2. The van der Waals surface area contributed by atoms with Crippen LogP contribution < -0.4 is 5.32 Å². The van der Waals surface area contributed by atoms with Crippen molar-refractivity contribution in [3.05, 3.63) is 12.3 Å². The average Bonchev–Trinajstić information content (AvgIpc) is 2.48. The van der Waals surface area contributed by atoms with Crippen molar-refractivity contribution in [2.24, 2.45) is 0 Å². The van der Waals surface area contributed by atoms with Crippen molar-refractivity contribution in [3.63, 3.8) is 0 Å². The molecule has 2 amide bonds. The van der Waals surface area contributed by atoms with Crippen molar-refractivity contribution in [1.29, 1.82) is 0 Å². The summed E-state index contributed by atoms with van der Waals surface area (Å²) in [5.74, 6) is -0.369. The fourth-order valence-corrected chi connectivity index (χ4v) is 1.83. The molecule has 1 aliphatic heterocycles. The number of carbonyl (C=O) groups is 3. The quantitative estimate of drug-likeness (QED) is 0.515. The van der Waals surface area contributed by atoms with Gasteiger partial charge in [0.05, 0.1) is 11.8 Å². The SMILES string of the molecule is C=C1CC(S)C(=O)N1CCC(=O)NCC=O. The van der Waals surface area contributed by atoms with Crippen molar-refractivity contribution in [2.75, 3.05) is 13.1 Å². The molecule has 0 aromatic rings. The van der Waals surface area contributed by atoms with Crippen LogP contribution in [0.15, 0.2) is 12.3 Å². The molecular formula is C10H14N2O3S. The fourth-order valence-electron chi connectivity index (χ4n) is 1.48. The van der Waals surface area contributed by atoms with Crippen LogP contribution in [0.4, 0.5) is 0 Å². The third kappa shape index (κ3) is 3.10. The molecule has 5 nitrogen and oxygen atoms in total. The Hall–Kier alpha value is -1.30. The number of amides is 2. The minimum Gasteiger partial charge on any atom is -0.349 e. The average molecular weight is 242 g/mol. The van der Waals surface area contributed by atoms with Gasteiger partial charge in [0, 0.05) is 25.1 Å². The van der Waals surface area contributed by atoms with E-state index in [4.69, 9.17) is 0 Å². The number of hydrogen-bond acceptors (Lipinski definition) is 4. The predicted octanol–water partition coefficient (Wildman–Crippen LogP) is -0.264. The number of carbonyl (C=O) groups excluding carboxylic acids is 3. The summed E-state index contributed by atoms with van der Waals surface area (Å²) in [6.45, 7) is 4.04. The molecule has 1 heterocycles. The summed E-state index contributed by atoms with van der Waals surface area (Å²) in [5.41, 5.74) is 0.688. The third-order valence-corrected chi connectivity index (χ3v) is 2.71. The second kappa shape index (κ2) is 5.69. The first-order valence-corrected chi connectivity index (χ1v) is 5.45. The fraction of sp³-hybridized carbons (Fsp3) is 0.500.